The van der Waals surface area contributed by atoms with Crippen LogP contribution in [0.4, 0.5) is 0 Å². The van der Waals surface area contributed by atoms with E-state index in [0.717, 1.165) is 0 Å². The number of nitrogens with zero attached hydrogens (tertiary/aromatic N) is 3. The van der Waals surface area contributed by atoms with Crippen LogP contribution in [0.3, 0.4) is 0 Å². The first-order valence-corrected chi connectivity index (χ1v) is 7.28. The van der Waals surface area contributed by atoms with Gasteiger partial charge in [0.1, 0.15) is 18.4 Å². The number of ketones is 1. The third kappa shape index (κ3) is 4.16. The van der Waals surface area contributed by atoms with E-state index >= 15 is 0 Å². The highest BCUT2D eigenvalue weighted by Gasteiger charge is 2.15. The largest absolute Gasteiger partial charge is 0.292 e. The Kier molecular flexibility index (Phi) is 5.15. The Hall–Kier alpha value is -1.65. The molecule has 0 N–H and O–H groups in total. The van der Waals surface area contributed by atoms with Crippen LogP contribution in [0, 0.1) is 5.92 Å². The Bertz CT molecular complexity index is 664. The third-order valence-electron chi connectivity index (χ3n) is 2.80. The molecule has 0 spiro atoms. The summed E-state index contributed by atoms with van der Waals surface area (Å²) in [7, 11) is 0. The Morgan fingerprint density at radius 3 is 2.71 bits per heavy atom. The summed E-state index contributed by atoms with van der Waals surface area (Å²) in [5, 5.41) is 5.07. The van der Waals surface area contributed by atoms with Gasteiger partial charge in [-0.25, -0.2) is 9.67 Å². The van der Waals surface area contributed by atoms with Crippen molar-refractivity contribution < 1.29 is 4.79 Å². The molecule has 110 valence electrons. The molecule has 0 aliphatic heterocycles. The smallest absolute Gasteiger partial charge is 0.181 e. The monoisotopic (exact) mass is 323 g/mol. The average molecular weight is 324 g/mol. The van der Waals surface area contributed by atoms with E-state index in [1.54, 1.807) is 24.3 Å². The van der Waals surface area contributed by atoms with Gasteiger partial charge in [-0.3, -0.25) is 4.79 Å². The van der Waals surface area contributed by atoms with Crippen molar-refractivity contribution >= 4 is 40.8 Å². The van der Waals surface area contributed by atoms with Gasteiger partial charge < -0.3 is 0 Å². The summed E-state index contributed by atoms with van der Waals surface area (Å²) < 4.78 is 1.45. The molecular weight excluding hydrogens is 309 g/mol. The molecule has 0 bridgehead atoms. The summed E-state index contributed by atoms with van der Waals surface area (Å²) in [4.78, 5) is 16.3. The fourth-order valence-corrected chi connectivity index (χ4v) is 2.31. The summed E-state index contributed by atoms with van der Waals surface area (Å²) in [5.74, 6) is 0.242. The van der Waals surface area contributed by atoms with Crippen LogP contribution in [-0.4, -0.2) is 20.5 Å². The fraction of sp³-hybridized carbons (Fsp3) is 0.267. The van der Waals surface area contributed by atoms with Crippen molar-refractivity contribution in [3.05, 3.63) is 46.5 Å². The van der Waals surface area contributed by atoms with Crippen LogP contribution in [0.1, 0.15) is 25.8 Å². The van der Waals surface area contributed by atoms with Crippen molar-refractivity contribution in [2.45, 2.75) is 20.3 Å². The number of hydrogen-bond donors (Lipinski definition) is 0. The number of carbonyl (C=O) groups is 1. The molecule has 0 amide bonds. The standard InChI is InChI=1S/C15H15Cl2N3O/c1-10(2)5-15(21)14(20-9-18-8-19-20)6-11-3-4-12(16)7-13(11)17/h3-4,6-10H,5H2,1-2H3/b14-6+. The second kappa shape index (κ2) is 6.87. The lowest BCUT2D eigenvalue weighted by Crippen LogP contribution is -2.11. The molecule has 0 atom stereocenters. The zero-order valence-electron chi connectivity index (χ0n) is 11.8. The second-order valence-corrected chi connectivity index (χ2v) is 5.90. The van der Waals surface area contributed by atoms with E-state index in [2.05, 4.69) is 10.1 Å². The quantitative estimate of drug-likeness (QED) is 0.775. The Morgan fingerprint density at radius 1 is 1.38 bits per heavy atom. The molecule has 0 unspecified atom stereocenters. The molecule has 0 saturated heterocycles. The van der Waals surface area contributed by atoms with Crippen molar-refractivity contribution in [3.63, 3.8) is 0 Å². The number of allylic oxidation sites excluding steroid dienone is 1. The number of hydrogen-bond acceptors (Lipinski definition) is 3. The van der Waals surface area contributed by atoms with Gasteiger partial charge in [0.25, 0.3) is 0 Å². The Balaban J connectivity index is 2.44. The van der Waals surface area contributed by atoms with E-state index in [4.69, 9.17) is 23.2 Å². The predicted octanol–water partition coefficient (Wildman–Crippen LogP) is 4.20. The van der Waals surface area contributed by atoms with E-state index in [9.17, 15) is 4.79 Å². The van der Waals surface area contributed by atoms with Gasteiger partial charge >= 0.3 is 0 Å². The highest BCUT2D eigenvalue weighted by Crippen LogP contribution is 2.25. The first-order valence-electron chi connectivity index (χ1n) is 6.52. The van der Waals surface area contributed by atoms with Crippen LogP contribution < -0.4 is 0 Å². The minimum Gasteiger partial charge on any atom is -0.292 e. The molecule has 0 aliphatic rings. The molecule has 0 radical (unpaired) electrons. The number of aromatic nitrogens is 3. The van der Waals surface area contributed by atoms with E-state index in [1.165, 1.54) is 17.3 Å². The molecule has 1 aromatic heterocycles. The normalized spacial score (nSPS) is 12.0. The van der Waals surface area contributed by atoms with Crippen molar-refractivity contribution in [1.82, 2.24) is 14.8 Å². The molecule has 0 fully saturated rings. The van der Waals surface area contributed by atoms with Crippen molar-refractivity contribution in [2.75, 3.05) is 0 Å². The maximum atomic E-state index is 12.4. The Morgan fingerprint density at radius 2 is 2.14 bits per heavy atom. The molecule has 0 aliphatic carbocycles. The summed E-state index contributed by atoms with van der Waals surface area (Å²) in [6.45, 7) is 3.98. The first kappa shape index (κ1) is 15.7. The van der Waals surface area contributed by atoms with E-state index in [1.807, 2.05) is 13.8 Å². The van der Waals surface area contributed by atoms with Gasteiger partial charge in [0.05, 0.1) is 0 Å². The molecule has 1 heterocycles. The lowest BCUT2D eigenvalue weighted by Gasteiger charge is -2.09. The van der Waals surface area contributed by atoms with Gasteiger partial charge in [-0.15, -0.1) is 0 Å². The lowest BCUT2D eigenvalue weighted by molar-refractivity contribution is -0.114. The summed E-state index contributed by atoms with van der Waals surface area (Å²) in [5.41, 5.74) is 1.15. The number of halogens is 2. The van der Waals surface area contributed by atoms with Crippen LogP contribution in [0.25, 0.3) is 11.8 Å². The molecule has 6 heteroatoms. The minimum absolute atomic E-state index is 0.0125. The zero-order chi connectivity index (χ0) is 15.4. The van der Waals surface area contributed by atoms with Crippen LogP contribution >= 0.6 is 23.2 Å². The molecule has 21 heavy (non-hydrogen) atoms. The number of carbonyl (C=O) groups excluding carboxylic acids is 1. The summed E-state index contributed by atoms with van der Waals surface area (Å²) in [6, 6.07) is 5.14. The average Bonchev–Trinajstić information content (AvgIpc) is 2.90. The number of Topliss-reactive ketones (excluding diaryl/α,β-unsaturated/α-hetero) is 1. The summed E-state index contributed by atoms with van der Waals surface area (Å²) in [6.07, 6.45) is 5.02. The topological polar surface area (TPSA) is 47.8 Å². The van der Waals surface area contributed by atoms with Crippen molar-refractivity contribution in [2.24, 2.45) is 5.92 Å². The van der Waals surface area contributed by atoms with Crippen LogP contribution in [-0.2, 0) is 4.79 Å². The Labute approximate surface area is 133 Å². The third-order valence-corrected chi connectivity index (χ3v) is 3.36. The van der Waals surface area contributed by atoms with E-state index < -0.39 is 0 Å². The SMILES string of the molecule is CC(C)CC(=O)/C(=C\c1ccc(Cl)cc1Cl)n1cncn1. The zero-order valence-corrected chi connectivity index (χ0v) is 13.3. The predicted molar refractivity (Wildman–Crippen MR) is 85.1 cm³/mol. The molecule has 2 aromatic rings. The number of rotatable bonds is 5. The number of benzene rings is 1. The molecular formula is C15H15Cl2N3O. The van der Waals surface area contributed by atoms with Crippen LogP contribution in [0.5, 0.6) is 0 Å². The van der Waals surface area contributed by atoms with Gasteiger partial charge in [-0.05, 0) is 29.7 Å². The van der Waals surface area contributed by atoms with Crippen molar-refractivity contribution in [3.8, 4) is 0 Å². The van der Waals surface area contributed by atoms with Crippen LogP contribution in [0.15, 0.2) is 30.9 Å². The maximum Gasteiger partial charge on any atom is 0.181 e. The van der Waals surface area contributed by atoms with Gasteiger partial charge in [0, 0.05) is 16.5 Å². The van der Waals surface area contributed by atoms with Gasteiger partial charge in [0.2, 0.25) is 0 Å². The fourth-order valence-electron chi connectivity index (χ4n) is 1.85. The van der Waals surface area contributed by atoms with Gasteiger partial charge in [-0.2, -0.15) is 5.10 Å². The van der Waals surface area contributed by atoms with Gasteiger partial charge in [-0.1, -0.05) is 43.1 Å². The molecule has 1 aromatic carbocycles. The highest BCUT2D eigenvalue weighted by molar-refractivity contribution is 6.36. The highest BCUT2D eigenvalue weighted by atomic mass is 35.5. The molecule has 2 rings (SSSR count). The van der Waals surface area contributed by atoms with Gasteiger partial charge in [0.15, 0.2) is 5.78 Å². The minimum atomic E-state index is -0.0125. The van der Waals surface area contributed by atoms with E-state index in [-0.39, 0.29) is 11.7 Å². The second-order valence-electron chi connectivity index (χ2n) is 5.06. The van der Waals surface area contributed by atoms with E-state index in [0.29, 0.717) is 27.7 Å². The molecule has 4 nitrogen and oxygen atoms in total. The molecule has 0 saturated carbocycles. The summed E-state index contributed by atoms with van der Waals surface area (Å²) >= 11 is 12.0. The van der Waals surface area contributed by atoms with Crippen LogP contribution in [0.2, 0.25) is 10.0 Å². The van der Waals surface area contributed by atoms with Crippen molar-refractivity contribution in [1.29, 1.82) is 0 Å². The maximum absolute atomic E-state index is 12.4. The first-order chi connectivity index (χ1) is 9.97. The lowest BCUT2D eigenvalue weighted by atomic mass is 10.0.